The maximum atomic E-state index is 12.5. The summed E-state index contributed by atoms with van der Waals surface area (Å²) in [5.41, 5.74) is 5.09. The third kappa shape index (κ3) is 4.61. The van der Waals surface area contributed by atoms with Crippen molar-refractivity contribution in [2.45, 2.75) is 25.4 Å². The predicted octanol–water partition coefficient (Wildman–Crippen LogP) is 3.33. The molecule has 2 N–H and O–H groups in total. The molecule has 0 radical (unpaired) electrons. The van der Waals surface area contributed by atoms with Crippen molar-refractivity contribution in [3.8, 4) is 0 Å². The highest BCUT2D eigenvalue weighted by molar-refractivity contribution is 5.94. The Morgan fingerprint density at radius 1 is 1.18 bits per heavy atom. The molecule has 1 aliphatic rings. The summed E-state index contributed by atoms with van der Waals surface area (Å²) in [5.74, 6) is 0.349. The summed E-state index contributed by atoms with van der Waals surface area (Å²) in [6, 6.07) is 4.40. The van der Waals surface area contributed by atoms with Gasteiger partial charge >= 0.3 is 6.18 Å². The Balaban J connectivity index is 0.00000242. The molecule has 0 bridgehead atoms. The van der Waals surface area contributed by atoms with Crippen molar-refractivity contribution in [1.29, 1.82) is 0 Å². The number of hydrogen-bond donors (Lipinski definition) is 1. The number of halogens is 4. The van der Waals surface area contributed by atoms with Gasteiger partial charge < -0.3 is 10.6 Å². The highest BCUT2D eigenvalue weighted by Crippen LogP contribution is 2.29. The average molecular weight is 337 g/mol. The van der Waals surface area contributed by atoms with Crippen LogP contribution in [0.5, 0.6) is 0 Å². The summed E-state index contributed by atoms with van der Waals surface area (Å²) in [4.78, 5) is 13.9. The van der Waals surface area contributed by atoms with E-state index in [9.17, 15) is 18.0 Å². The summed E-state index contributed by atoms with van der Waals surface area (Å²) in [6.07, 6.45) is -1.60. The highest BCUT2D eigenvalue weighted by atomic mass is 35.5. The van der Waals surface area contributed by atoms with Gasteiger partial charge in [0.1, 0.15) is 0 Å². The van der Waals surface area contributed by atoms with E-state index in [2.05, 4.69) is 0 Å². The normalized spacial score (nSPS) is 16.3. The van der Waals surface area contributed by atoms with E-state index in [1.807, 2.05) is 0 Å². The zero-order valence-electron chi connectivity index (χ0n) is 12.1. The number of nitrogens with zero attached hydrogens (tertiary/aromatic N) is 1. The van der Waals surface area contributed by atoms with Gasteiger partial charge in [-0.1, -0.05) is 0 Å². The molecule has 2 rings (SSSR count). The van der Waals surface area contributed by atoms with Crippen LogP contribution in [0.15, 0.2) is 24.3 Å². The number of alkyl halides is 3. The Morgan fingerprint density at radius 3 is 2.18 bits per heavy atom. The van der Waals surface area contributed by atoms with Gasteiger partial charge in [-0.05, 0) is 56.0 Å². The van der Waals surface area contributed by atoms with Crippen LogP contribution in [0, 0.1) is 5.92 Å². The van der Waals surface area contributed by atoms with Gasteiger partial charge in [0.2, 0.25) is 0 Å². The second-order valence-electron chi connectivity index (χ2n) is 5.39. The molecular formula is C15H20ClF3N2O. The lowest BCUT2D eigenvalue weighted by atomic mass is 9.93. The van der Waals surface area contributed by atoms with Crippen molar-refractivity contribution in [2.24, 2.45) is 11.7 Å². The third-order valence-corrected chi connectivity index (χ3v) is 3.94. The molecule has 1 amide bonds. The van der Waals surface area contributed by atoms with E-state index in [4.69, 9.17) is 5.73 Å². The minimum Gasteiger partial charge on any atom is -0.339 e. The molecule has 1 aliphatic heterocycles. The Morgan fingerprint density at radius 2 is 1.73 bits per heavy atom. The van der Waals surface area contributed by atoms with Crippen LogP contribution in [0.4, 0.5) is 13.2 Å². The van der Waals surface area contributed by atoms with Gasteiger partial charge in [0, 0.05) is 18.7 Å². The third-order valence-electron chi connectivity index (χ3n) is 3.94. The first-order chi connectivity index (χ1) is 9.91. The van der Waals surface area contributed by atoms with Gasteiger partial charge in [-0.2, -0.15) is 13.2 Å². The number of piperidine rings is 1. The summed E-state index contributed by atoms with van der Waals surface area (Å²) < 4.78 is 37.5. The first kappa shape index (κ1) is 18.8. The molecule has 22 heavy (non-hydrogen) atoms. The maximum absolute atomic E-state index is 12.5. The summed E-state index contributed by atoms with van der Waals surface area (Å²) in [7, 11) is 0. The number of carbonyl (C=O) groups is 1. The summed E-state index contributed by atoms with van der Waals surface area (Å²) >= 11 is 0. The topological polar surface area (TPSA) is 46.3 Å². The standard InChI is InChI=1S/C15H19F3N2O.ClH/c16-15(17,18)13-3-1-12(2-4-13)14(21)20-9-6-11(5-8-19)7-10-20;/h1-4,11H,5-10,19H2;1H. The van der Waals surface area contributed by atoms with E-state index >= 15 is 0 Å². The fraction of sp³-hybridized carbons (Fsp3) is 0.533. The lowest BCUT2D eigenvalue weighted by Gasteiger charge is -2.32. The lowest BCUT2D eigenvalue weighted by Crippen LogP contribution is -2.38. The fourth-order valence-electron chi connectivity index (χ4n) is 2.64. The zero-order chi connectivity index (χ0) is 15.5. The van der Waals surface area contributed by atoms with Crippen molar-refractivity contribution in [3.63, 3.8) is 0 Å². The van der Waals surface area contributed by atoms with Crippen LogP contribution in [-0.2, 0) is 6.18 Å². The van der Waals surface area contributed by atoms with E-state index < -0.39 is 11.7 Å². The first-order valence-corrected chi connectivity index (χ1v) is 7.08. The van der Waals surface area contributed by atoms with Gasteiger partial charge in [-0.3, -0.25) is 4.79 Å². The van der Waals surface area contributed by atoms with E-state index in [-0.39, 0.29) is 18.3 Å². The maximum Gasteiger partial charge on any atom is 0.416 e. The number of amides is 1. The molecule has 1 aromatic rings. The molecule has 0 aromatic heterocycles. The minimum absolute atomic E-state index is 0. The smallest absolute Gasteiger partial charge is 0.339 e. The number of likely N-dealkylation sites (tertiary alicyclic amines) is 1. The SMILES string of the molecule is Cl.NCCC1CCN(C(=O)c2ccc(C(F)(F)F)cc2)CC1. The number of carbonyl (C=O) groups excluding carboxylic acids is 1. The lowest BCUT2D eigenvalue weighted by molar-refractivity contribution is -0.137. The van der Waals surface area contributed by atoms with E-state index in [1.54, 1.807) is 4.90 Å². The Hall–Kier alpha value is -1.27. The molecule has 124 valence electrons. The summed E-state index contributed by atoms with van der Waals surface area (Å²) in [6.45, 7) is 1.94. The molecule has 7 heteroatoms. The largest absolute Gasteiger partial charge is 0.416 e. The second kappa shape index (κ2) is 7.83. The molecule has 0 spiro atoms. The fourth-order valence-corrected chi connectivity index (χ4v) is 2.64. The van der Waals surface area contributed by atoms with E-state index in [0.29, 0.717) is 31.1 Å². The number of rotatable bonds is 3. The zero-order valence-corrected chi connectivity index (χ0v) is 12.9. The molecule has 0 atom stereocenters. The van der Waals surface area contributed by atoms with Crippen LogP contribution in [0.25, 0.3) is 0 Å². The van der Waals surface area contributed by atoms with Crippen LogP contribution in [0.2, 0.25) is 0 Å². The van der Waals surface area contributed by atoms with Crippen LogP contribution >= 0.6 is 12.4 Å². The van der Waals surface area contributed by atoms with Gasteiger partial charge in [0.15, 0.2) is 0 Å². The van der Waals surface area contributed by atoms with Crippen molar-refractivity contribution < 1.29 is 18.0 Å². The average Bonchev–Trinajstić information content (AvgIpc) is 2.47. The molecule has 1 aromatic carbocycles. The number of hydrogen-bond acceptors (Lipinski definition) is 2. The highest BCUT2D eigenvalue weighted by Gasteiger charge is 2.30. The predicted molar refractivity (Wildman–Crippen MR) is 81.0 cm³/mol. The minimum atomic E-state index is -4.37. The van der Waals surface area contributed by atoms with E-state index in [0.717, 1.165) is 31.4 Å². The molecule has 1 heterocycles. The first-order valence-electron chi connectivity index (χ1n) is 7.08. The molecule has 1 fully saturated rings. The molecular weight excluding hydrogens is 317 g/mol. The molecule has 3 nitrogen and oxygen atoms in total. The van der Waals surface area contributed by atoms with Crippen LogP contribution in [0.1, 0.15) is 35.2 Å². The van der Waals surface area contributed by atoms with Crippen LogP contribution in [-0.4, -0.2) is 30.4 Å². The van der Waals surface area contributed by atoms with Gasteiger partial charge in [0.25, 0.3) is 5.91 Å². The quantitative estimate of drug-likeness (QED) is 0.920. The van der Waals surface area contributed by atoms with Crippen molar-refractivity contribution in [1.82, 2.24) is 4.90 Å². The molecule has 1 saturated heterocycles. The Bertz CT molecular complexity index is 483. The van der Waals surface area contributed by atoms with Crippen molar-refractivity contribution >= 4 is 18.3 Å². The molecule has 0 unspecified atom stereocenters. The monoisotopic (exact) mass is 336 g/mol. The van der Waals surface area contributed by atoms with Crippen molar-refractivity contribution in [3.05, 3.63) is 35.4 Å². The van der Waals surface area contributed by atoms with Crippen LogP contribution in [0.3, 0.4) is 0 Å². The second-order valence-corrected chi connectivity index (χ2v) is 5.39. The molecule has 0 aliphatic carbocycles. The van der Waals surface area contributed by atoms with Gasteiger partial charge in [-0.25, -0.2) is 0 Å². The number of benzene rings is 1. The van der Waals surface area contributed by atoms with Crippen LogP contribution < -0.4 is 5.73 Å². The molecule has 0 saturated carbocycles. The van der Waals surface area contributed by atoms with E-state index in [1.165, 1.54) is 12.1 Å². The Labute approximate surface area is 134 Å². The summed E-state index contributed by atoms with van der Waals surface area (Å²) in [5, 5.41) is 0. The van der Waals surface area contributed by atoms with Crippen molar-refractivity contribution in [2.75, 3.05) is 19.6 Å². The Kier molecular flexibility index (Phi) is 6.68. The van der Waals surface area contributed by atoms with Gasteiger partial charge in [-0.15, -0.1) is 12.4 Å². The number of nitrogens with two attached hydrogens (primary N) is 1. The van der Waals surface area contributed by atoms with Gasteiger partial charge in [0.05, 0.1) is 5.56 Å².